The fourth-order valence-corrected chi connectivity index (χ4v) is 6.13. The Hall–Kier alpha value is -3.43. The molecule has 0 radical (unpaired) electrons. The van der Waals surface area contributed by atoms with Crippen LogP contribution in [0.4, 0.5) is 22.1 Å². The van der Waals surface area contributed by atoms with Crippen molar-refractivity contribution in [3.8, 4) is 0 Å². The SMILES string of the molecule is CC(C)(C)OC(=O)NC1CCCC12CCN(c1cnc3c(N4CCCc5ncccc54)n[nH]c3n1)C2. The number of nitrogens with one attached hydrogen (secondary N) is 2. The fraction of sp³-hybridized carbons (Fsp3) is 0.577. The fourth-order valence-electron chi connectivity index (χ4n) is 6.13. The normalized spacial score (nSPS) is 23.9. The van der Waals surface area contributed by atoms with Gasteiger partial charge < -0.3 is 19.9 Å². The molecule has 1 saturated carbocycles. The van der Waals surface area contributed by atoms with Gasteiger partial charge in [0.05, 0.1) is 17.6 Å². The average molecular weight is 491 g/mol. The van der Waals surface area contributed by atoms with E-state index in [1.807, 2.05) is 39.2 Å². The predicted molar refractivity (Wildman–Crippen MR) is 138 cm³/mol. The average Bonchev–Trinajstić information content (AvgIpc) is 3.57. The quantitative estimate of drug-likeness (QED) is 0.564. The number of ether oxygens (including phenoxy) is 1. The summed E-state index contributed by atoms with van der Waals surface area (Å²) in [5, 5.41) is 10.9. The third-order valence-corrected chi connectivity index (χ3v) is 7.75. The Morgan fingerprint density at radius 1 is 1.22 bits per heavy atom. The van der Waals surface area contributed by atoms with E-state index < -0.39 is 5.60 Å². The molecule has 10 nitrogen and oxygen atoms in total. The smallest absolute Gasteiger partial charge is 0.407 e. The minimum atomic E-state index is -0.502. The van der Waals surface area contributed by atoms with Crippen LogP contribution in [0.1, 0.15) is 58.6 Å². The number of hydrogen-bond donors (Lipinski definition) is 2. The van der Waals surface area contributed by atoms with Gasteiger partial charge in [0.2, 0.25) is 0 Å². The summed E-state index contributed by atoms with van der Waals surface area (Å²) in [5.74, 6) is 1.64. The predicted octanol–water partition coefficient (Wildman–Crippen LogP) is 4.11. The monoisotopic (exact) mass is 490 g/mol. The van der Waals surface area contributed by atoms with Crippen molar-refractivity contribution in [2.75, 3.05) is 29.4 Å². The number of aryl methyl sites for hydroxylation is 1. The largest absolute Gasteiger partial charge is 0.444 e. The number of hydrogen-bond acceptors (Lipinski definition) is 8. The molecule has 190 valence electrons. The minimum absolute atomic E-state index is 0.0389. The highest BCUT2D eigenvalue weighted by molar-refractivity contribution is 5.87. The van der Waals surface area contributed by atoms with Gasteiger partial charge in [-0.1, -0.05) is 6.42 Å². The maximum Gasteiger partial charge on any atom is 0.407 e. The molecule has 1 saturated heterocycles. The molecular weight excluding hydrogens is 456 g/mol. The summed E-state index contributed by atoms with van der Waals surface area (Å²) >= 11 is 0. The molecule has 2 atom stereocenters. The van der Waals surface area contributed by atoms with Crippen LogP contribution in [0.3, 0.4) is 0 Å². The summed E-state index contributed by atoms with van der Waals surface area (Å²) < 4.78 is 5.53. The second kappa shape index (κ2) is 8.60. The summed E-state index contributed by atoms with van der Waals surface area (Å²) in [7, 11) is 0. The minimum Gasteiger partial charge on any atom is -0.444 e. The van der Waals surface area contributed by atoms with Crippen LogP contribution in [0, 0.1) is 5.41 Å². The molecule has 2 aliphatic heterocycles. The lowest BCUT2D eigenvalue weighted by molar-refractivity contribution is 0.0467. The van der Waals surface area contributed by atoms with Gasteiger partial charge in [-0.05, 0) is 65.0 Å². The van der Waals surface area contributed by atoms with Gasteiger partial charge in [-0.25, -0.2) is 14.8 Å². The van der Waals surface area contributed by atoms with Gasteiger partial charge in [0, 0.05) is 37.3 Å². The van der Waals surface area contributed by atoms with Crippen LogP contribution in [0.15, 0.2) is 24.5 Å². The summed E-state index contributed by atoms with van der Waals surface area (Å²) in [4.78, 5) is 31.2. The number of alkyl carbamates (subject to hydrolysis) is 1. The van der Waals surface area contributed by atoms with Crippen LogP contribution < -0.4 is 15.1 Å². The lowest BCUT2D eigenvalue weighted by Gasteiger charge is -2.32. The van der Waals surface area contributed by atoms with E-state index in [0.717, 1.165) is 86.7 Å². The van der Waals surface area contributed by atoms with Gasteiger partial charge >= 0.3 is 6.09 Å². The number of carbonyl (C=O) groups is 1. The van der Waals surface area contributed by atoms with Crippen LogP contribution in [0.2, 0.25) is 0 Å². The van der Waals surface area contributed by atoms with Crippen LogP contribution in [-0.2, 0) is 11.2 Å². The third-order valence-electron chi connectivity index (χ3n) is 7.75. The Balaban J connectivity index is 1.20. The molecule has 1 aliphatic carbocycles. The number of amides is 1. The first-order valence-corrected chi connectivity index (χ1v) is 13.0. The maximum atomic E-state index is 12.5. The Morgan fingerprint density at radius 2 is 2.11 bits per heavy atom. The molecular formula is C26H34N8O2. The second-order valence-electron chi connectivity index (χ2n) is 11.3. The Labute approximate surface area is 210 Å². The van der Waals surface area contributed by atoms with Crippen molar-refractivity contribution >= 4 is 34.6 Å². The molecule has 2 unspecified atom stereocenters. The van der Waals surface area contributed by atoms with Gasteiger partial charge in [-0.2, -0.15) is 5.10 Å². The molecule has 3 aromatic heterocycles. The number of fused-ring (bicyclic) bond motifs is 2. The second-order valence-corrected chi connectivity index (χ2v) is 11.3. The Bertz CT molecular complexity index is 1280. The number of rotatable bonds is 3. The van der Waals surface area contributed by atoms with Crippen molar-refractivity contribution in [1.29, 1.82) is 0 Å². The van der Waals surface area contributed by atoms with E-state index in [-0.39, 0.29) is 17.6 Å². The zero-order valence-corrected chi connectivity index (χ0v) is 21.3. The third kappa shape index (κ3) is 4.12. The zero-order valence-electron chi connectivity index (χ0n) is 21.3. The van der Waals surface area contributed by atoms with E-state index >= 15 is 0 Å². The van der Waals surface area contributed by atoms with Crippen LogP contribution >= 0.6 is 0 Å². The Morgan fingerprint density at radius 3 is 2.97 bits per heavy atom. The first-order chi connectivity index (χ1) is 17.3. The number of nitrogens with zero attached hydrogens (tertiary/aromatic N) is 6. The molecule has 10 heteroatoms. The first-order valence-electron chi connectivity index (χ1n) is 13.0. The summed E-state index contributed by atoms with van der Waals surface area (Å²) in [6.45, 7) is 8.29. The molecule has 2 N–H and O–H groups in total. The molecule has 6 rings (SSSR count). The highest BCUT2D eigenvalue weighted by atomic mass is 16.6. The van der Waals surface area contributed by atoms with Crippen LogP contribution in [0.5, 0.6) is 0 Å². The van der Waals surface area contributed by atoms with E-state index in [4.69, 9.17) is 14.7 Å². The van der Waals surface area contributed by atoms with Gasteiger partial charge in [0.25, 0.3) is 0 Å². The van der Waals surface area contributed by atoms with Crippen molar-refractivity contribution < 1.29 is 9.53 Å². The molecule has 2 fully saturated rings. The molecule has 36 heavy (non-hydrogen) atoms. The van der Waals surface area contributed by atoms with E-state index in [1.54, 1.807) is 0 Å². The molecule has 5 heterocycles. The van der Waals surface area contributed by atoms with E-state index in [9.17, 15) is 4.79 Å². The lowest BCUT2D eigenvalue weighted by Crippen LogP contribution is -2.47. The zero-order chi connectivity index (χ0) is 24.9. The van der Waals surface area contributed by atoms with Gasteiger partial charge in [-0.3, -0.25) is 10.1 Å². The van der Waals surface area contributed by atoms with Crippen LogP contribution in [-0.4, -0.2) is 62.5 Å². The van der Waals surface area contributed by atoms with Crippen molar-refractivity contribution in [1.82, 2.24) is 30.5 Å². The van der Waals surface area contributed by atoms with Crippen molar-refractivity contribution in [3.05, 3.63) is 30.2 Å². The van der Waals surface area contributed by atoms with Gasteiger partial charge in [0.1, 0.15) is 11.4 Å². The number of H-pyrrole nitrogens is 1. The molecule has 3 aromatic rings. The van der Waals surface area contributed by atoms with E-state index in [0.29, 0.717) is 5.65 Å². The molecule has 0 aromatic carbocycles. The lowest BCUT2D eigenvalue weighted by atomic mass is 9.81. The maximum absolute atomic E-state index is 12.5. The highest BCUT2D eigenvalue weighted by Crippen LogP contribution is 2.46. The van der Waals surface area contributed by atoms with Crippen LogP contribution in [0.25, 0.3) is 11.2 Å². The number of anilines is 3. The van der Waals surface area contributed by atoms with Crippen molar-refractivity contribution in [2.24, 2.45) is 5.41 Å². The molecule has 3 aliphatic rings. The summed E-state index contributed by atoms with van der Waals surface area (Å²) in [6.07, 6.45) is 9.58. The van der Waals surface area contributed by atoms with Crippen molar-refractivity contribution in [2.45, 2.75) is 70.9 Å². The van der Waals surface area contributed by atoms with E-state index in [1.165, 1.54) is 0 Å². The van der Waals surface area contributed by atoms with Gasteiger partial charge in [-0.15, -0.1) is 0 Å². The number of aromatic nitrogens is 5. The van der Waals surface area contributed by atoms with Crippen molar-refractivity contribution in [3.63, 3.8) is 0 Å². The standard InChI is InChI=1S/C26H34N8O2/c1-25(2,3)36-24(35)29-19-9-4-10-26(19)11-14-33(16-26)20-15-28-21-22(30-20)31-32-23(21)34-13-6-7-17-18(34)8-5-12-27-17/h5,8,12,15,19H,4,6-7,9-11,13-14,16H2,1-3H3,(H,29,35)(H,30,31,32). The molecule has 1 spiro atoms. The van der Waals surface area contributed by atoms with Gasteiger partial charge in [0.15, 0.2) is 17.0 Å². The molecule has 0 bridgehead atoms. The summed E-state index contributed by atoms with van der Waals surface area (Å²) in [6, 6.07) is 4.17. The topological polar surface area (TPSA) is 112 Å². The summed E-state index contributed by atoms with van der Waals surface area (Å²) in [5.41, 5.74) is 3.19. The molecule has 1 amide bonds. The highest BCUT2D eigenvalue weighted by Gasteiger charge is 2.48. The number of pyridine rings is 1. The van der Waals surface area contributed by atoms with E-state index in [2.05, 4.69) is 36.4 Å². The Kier molecular flexibility index (Phi) is 5.49. The number of carbonyl (C=O) groups excluding carboxylic acids is 1. The first kappa shape index (κ1) is 23.0. The number of aromatic amines is 1.